The van der Waals surface area contributed by atoms with Crippen LogP contribution in [0.25, 0.3) is 11.3 Å². The standard InChI is InChI=1S/C22H17Cl2F3N4O/c23-16-5-6-17(18(24)13-16)19-7-8-20(29-28-19)30-9-11-31(12-10-30)21(32)14-1-3-15(4-2-14)22(25,26)27/h1-8,13H,9-12H2. The molecule has 0 saturated carbocycles. The van der Waals surface area contributed by atoms with Gasteiger partial charge in [-0.3, -0.25) is 4.79 Å². The van der Waals surface area contributed by atoms with Crippen LogP contribution in [0, 0.1) is 0 Å². The van der Waals surface area contributed by atoms with Crippen LogP contribution >= 0.6 is 23.2 Å². The molecular formula is C22H17Cl2F3N4O. The van der Waals surface area contributed by atoms with Crippen molar-refractivity contribution in [2.45, 2.75) is 6.18 Å². The van der Waals surface area contributed by atoms with Gasteiger partial charge in [0, 0.05) is 42.3 Å². The van der Waals surface area contributed by atoms with E-state index in [4.69, 9.17) is 23.2 Å². The molecule has 166 valence electrons. The molecule has 10 heteroatoms. The van der Waals surface area contributed by atoms with Crippen molar-refractivity contribution in [2.75, 3.05) is 31.1 Å². The quantitative estimate of drug-likeness (QED) is 0.501. The van der Waals surface area contributed by atoms with Crippen molar-refractivity contribution in [1.82, 2.24) is 15.1 Å². The zero-order valence-electron chi connectivity index (χ0n) is 16.6. The Bertz CT molecular complexity index is 1110. The molecule has 1 fully saturated rings. The van der Waals surface area contributed by atoms with Gasteiger partial charge in [-0.05, 0) is 54.6 Å². The van der Waals surface area contributed by atoms with Gasteiger partial charge >= 0.3 is 6.18 Å². The number of anilines is 1. The van der Waals surface area contributed by atoms with E-state index >= 15 is 0 Å². The van der Waals surface area contributed by atoms with E-state index in [1.807, 2.05) is 17.0 Å². The van der Waals surface area contributed by atoms with Crippen LogP contribution in [0.3, 0.4) is 0 Å². The summed E-state index contributed by atoms with van der Waals surface area (Å²) in [5.74, 6) is 0.373. The summed E-state index contributed by atoms with van der Waals surface area (Å²) in [6.07, 6.45) is -4.43. The average molecular weight is 481 g/mol. The van der Waals surface area contributed by atoms with Gasteiger partial charge in [0.2, 0.25) is 0 Å². The Morgan fingerprint density at radius 3 is 2.12 bits per heavy atom. The fourth-order valence-electron chi connectivity index (χ4n) is 3.46. The number of carbonyl (C=O) groups is 1. The average Bonchev–Trinajstić information content (AvgIpc) is 2.78. The Labute approximate surface area is 192 Å². The molecule has 1 amide bonds. The summed E-state index contributed by atoms with van der Waals surface area (Å²) in [6.45, 7) is 1.91. The Hall–Kier alpha value is -2.84. The van der Waals surface area contributed by atoms with Crippen LogP contribution in [-0.4, -0.2) is 47.2 Å². The molecule has 1 aromatic heterocycles. The monoisotopic (exact) mass is 480 g/mol. The molecule has 0 bridgehead atoms. The maximum Gasteiger partial charge on any atom is 0.416 e. The van der Waals surface area contributed by atoms with Crippen molar-refractivity contribution >= 4 is 34.9 Å². The number of amides is 1. The van der Waals surface area contributed by atoms with Crippen molar-refractivity contribution in [3.05, 3.63) is 75.8 Å². The van der Waals surface area contributed by atoms with Crippen molar-refractivity contribution in [3.63, 3.8) is 0 Å². The fraction of sp³-hybridized carbons (Fsp3) is 0.227. The van der Waals surface area contributed by atoms with Gasteiger partial charge in [0.15, 0.2) is 5.82 Å². The van der Waals surface area contributed by atoms with Crippen molar-refractivity contribution in [2.24, 2.45) is 0 Å². The largest absolute Gasteiger partial charge is 0.416 e. The summed E-state index contributed by atoms with van der Waals surface area (Å²) < 4.78 is 38.1. The Morgan fingerprint density at radius 1 is 0.875 bits per heavy atom. The molecule has 0 N–H and O–H groups in total. The molecule has 1 aliphatic rings. The van der Waals surface area contributed by atoms with E-state index in [2.05, 4.69) is 10.2 Å². The van der Waals surface area contributed by atoms with Gasteiger partial charge in [0.1, 0.15) is 0 Å². The summed E-state index contributed by atoms with van der Waals surface area (Å²) in [6, 6.07) is 13.1. The zero-order chi connectivity index (χ0) is 22.9. The van der Waals surface area contributed by atoms with E-state index in [0.717, 1.165) is 17.7 Å². The zero-order valence-corrected chi connectivity index (χ0v) is 18.1. The minimum atomic E-state index is -4.43. The predicted molar refractivity (Wildman–Crippen MR) is 117 cm³/mol. The van der Waals surface area contributed by atoms with Crippen LogP contribution in [0.5, 0.6) is 0 Å². The number of halogens is 5. The fourth-order valence-corrected chi connectivity index (χ4v) is 3.96. The lowest BCUT2D eigenvalue weighted by Gasteiger charge is -2.35. The van der Waals surface area contributed by atoms with E-state index in [9.17, 15) is 18.0 Å². The summed E-state index contributed by atoms with van der Waals surface area (Å²) in [7, 11) is 0. The molecule has 0 radical (unpaired) electrons. The van der Waals surface area contributed by atoms with E-state index < -0.39 is 11.7 Å². The Balaban J connectivity index is 1.38. The molecule has 4 rings (SSSR count). The second-order valence-corrected chi connectivity index (χ2v) is 8.10. The second-order valence-electron chi connectivity index (χ2n) is 7.26. The molecule has 0 spiro atoms. The van der Waals surface area contributed by atoms with Crippen LogP contribution in [0.4, 0.5) is 19.0 Å². The third-order valence-electron chi connectivity index (χ3n) is 5.21. The van der Waals surface area contributed by atoms with E-state index in [0.29, 0.717) is 47.7 Å². The highest BCUT2D eigenvalue weighted by Gasteiger charge is 2.31. The number of piperazine rings is 1. The molecule has 1 saturated heterocycles. The highest BCUT2D eigenvalue weighted by Crippen LogP contribution is 2.30. The van der Waals surface area contributed by atoms with Gasteiger partial charge < -0.3 is 9.80 Å². The molecule has 0 unspecified atom stereocenters. The molecule has 3 aromatic rings. The molecule has 32 heavy (non-hydrogen) atoms. The Morgan fingerprint density at radius 2 is 1.56 bits per heavy atom. The van der Waals surface area contributed by atoms with E-state index in [1.54, 1.807) is 23.1 Å². The molecule has 0 aliphatic carbocycles. The van der Waals surface area contributed by atoms with Crippen molar-refractivity contribution < 1.29 is 18.0 Å². The number of nitrogens with zero attached hydrogens (tertiary/aromatic N) is 4. The first-order valence-electron chi connectivity index (χ1n) is 9.73. The number of rotatable bonds is 3. The van der Waals surface area contributed by atoms with Gasteiger partial charge in [0.05, 0.1) is 16.3 Å². The summed E-state index contributed by atoms with van der Waals surface area (Å²) in [5, 5.41) is 9.55. The highest BCUT2D eigenvalue weighted by molar-refractivity contribution is 6.36. The highest BCUT2D eigenvalue weighted by atomic mass is 35.5. The minimum absolute atomic E-state index is 0.232. The van der Waals surface area contributed by atoms with Gasteiger partial charge in [-0.25, -0.2) is 0 Å². The smallest absolute Gasteiger partial charge is 0.352 e. The lowest BCUT2D eigenvalue weighted by Crippen LogP contribution is -2.49. The number of carbonyl (C=O) groups excluding carboxylic acids is 1. The van der Waals surface area contributed by atoms with Crippen molar-refractivity contribution in [3.8, 4) is 11.3 Å². The topological polar surface area (TPSA) is 49.3 Å². The minimum Gasteiger partial charge on any atom is -0.352 e. The molecule has 2 heterocycles. The van der Waals surface area contributed by atoms with Crippen LogP contribution < -0.4 is 4.90 Å². The first-order chi connectivity index (χ1) is 15.2. The summed E-state index contributed by atoms with van der Waals surface area (Å²) in [4.78, 5) is 16.3. The molecule has 1 aliphatic heterocycles. The SMILES string of the molecule is O=C(c1ccc(C(F)(F)F)cc1)N1CCN(c2ccc(-c3ccc(Cl)cc3Cl)nn2)CC1. The number of benzene rings is 2. The number of hydrogen-bond donors (Lipinski definition) is 0. The maximum absolute atomic E-state index is 12.7. The molecule has 0 atom stereocenters. The number of hydrogen-bond acceptors (Lipinski definition) is 4. The predicted octanol–water partition coefficient (Wildman–Crippen LogP) is 5.43. The summed E-state index contributed by atoms with van der Waals surface area (Å²) in [5.41, 5.74) is 0.796. The lowest BCUT2D eigenvalue weighted by molar-refractivity contribution is -0.137. The van der Waals surface area contributed by atoms with Gasteiger partial charge in [-0.1, -0.05) is 23.2 Å². The summed E-state index contributed by atoms with van der Waals surface area (Å²) >= 11 is 12.2. The first kappa shape index (κ1) is 22.4. The van der Waals surface area contributed by atoms with E-state index in [-0.39, 0.29) is 11.5 Å². The normalized spacial score (nSPS) is 14.5. The van der Waals surface area contributed by atoms with Gasteiger partial charge in [-0.15, -0.1) is 10.2 Å². The number of alkyl halides is 3. The third kappa shape index (κ3) is 4.81. The molecular weight excluding hydrogens is 464 g/mol. The first-order valence-corrected chi connectivity index (χ1v) is 10.5. The number of aromatic nitrogens is 2. The van der Waals surface area contributed by atoms with Crippen LogP contribution in [0.2, 0.25) is 10.0 Å². The third-order valence-corrected chi connectivity index (χ3v) is 5.76. The van der Waals surface area contributed by atoms with Gasteiger partial charge in [-0.2, -0.15) is 13.2 Å². The van der Waals surface area contributed by atoms with Crippen LogP contribution in [0.1, 0.15) is 15.9 Å². The van der Waals surface area contributed by atoms with Gasteiger partial charge in [0.25, 0.3) is 5.91 Å². The molecule has 5 nitrogen and oxygen atoms in total. The van der Waals surface area contributed by atoms with Crippen molar-refractivity contribution in [1.29, 1.82) is 0 Å². The van der Waals surface area contributed by atoms with Crippen LogP contribution in [-0.2, 0) is 6.18 Å². The van der Waals surface area contributed by atoms with Crippen LogP contribution in [0.15, 0.2) is 54.6 Å². The maximum atomic E-state index is 12.7. The second kappa shape index (κ2) is 8.96. The lowest BCUT2D eigenvalue weighted by atomic mass is 10.1. The Kier molecular flexibility index (Phi) is 6.26. The van der Waals surface area contributed by atoms with E-state index in [1.165, 1.54) is 12.1 Å². The molecule has 2 aromatic carbocycles.